The summed E-state index contributed by atoms with van der Waals surface area (Å²) in [5, 5.41) is 0. The molecule has 1 atom stereocenters. The van der Waals surface area contributed by atoms with E-state index in [-0.39, 0.29) is 12.1 Å². The number of urea groups is 1. The van der Waals surface area contributed by atoms with E-state index in [0.717, 1.165) is 0 Å². The largest absolute Gasteiger partial charge is 0.377 e. The van der Waals surface area contributed by atoms with Crippen molar-refractivity contribution in [1.29, 1.82) is 0 Å². The number of nitrogens with one attached hydrogen (secondary N) is 1. The van der Waals surface area contributed by atoms with Crippen molar-refractivity contribution in [2.24, 2.45) is 5.84 Å². The molecule has 0 aromatic heterocycles. The number of nitrogens with zero attached hydrogens (tertiary/aromatic N) is 1. The molecule has 1 unspecified atom stereocenters. The third-order valence-electron chi connectivity index (χ3n) is 1.75. The van der Waals surface area contributed by atoms with Crippen LogP contribution in [0.5, 0.6) is 0 Å². The molecule has 64 valence electrons. The van der Waals surface area contributed by atoms with E-state index in [4.69, 9.17) is 10.6 Å². The minimum absolute atomic E-state index is 0.118. The first-order chi connectivity index (χ1) is 5.25. The molecule has 1 heterocycles. The summed E-state index contributed by atoms with van der Waals surface area (Å²) in [5.74, 6) is 4.98. The van der Waals surface area contributed by atoms with Crippen LogP contribution in [0.15, 0.2) is 0 Å². The van der Waals surface area contributed by atoms with Crippen LogP contribution in [-0.2, 0) is 4.74 Å². The normalized spacial score (nSPS) is 24.9. The highest BCUT2D eigenvalue weighted by molar-refractivity contribution is 5.73. The molecule has 1 rings (SSSR count). The van der Waals surface area contributed by atoms with Gasteiger partial charge in [0, 0.05) is 6.54 Å². The summed E-state index contributed by atoms with van der Waals surface area (Å²) < 4.78 is 5.14. The zero-order chi connectivity index (χ0) is 8.27. The smallest absolute Gasteiger partial charge is 0.331 e. The fraction of sp³-hybridized carbons (Fsp3) is 0.833. The summed E-state index contributed by atoms with van der Waals surface area (Å²) in [6.07, 6.45) is 0. The van der Waals surface area contributed by atoms with Crippen molar-refractivity contribution in [2.45, 2.75) is 13.0 Å². The number of morpholine rings is 1. The lowest BCUT2D eigenvalue weighted by atomic mass is 10.3. The Morgan fingerprint density at radius 1 is 1.82 bits per heavy atom. The van der Waals surface area contributed by atoms with Gasteiger partial charge in [-0.3, -0.25) is 5.43 Å². The zero-order valence-electron chi connectivity index (χ0n) is 6.54. The number of hydrazine groups is 1. The van der Waals surface area contributed by atoms with Gasteiger partial charge < -0.3 is 9.64 Å². The van der Waals surface area contributed by atoms with Gasteiger partial charge in [0.05, 0.1) is 19.3 Å². The van der Waals surface area contributed by atoms with Crippen LogP contribution in [0.3, 0.4) is 0 Å². The summed E-state index contributed by atoms with van der Waals surface area (Å²) in [6.45, 7) is 3.73. The fourth-order valence-electron chi connectivity index (χ4n) is 1.11. The van der Waals surface area contributed by atoms with Crippen molar-refractivity contribution in [3.8, 4) is 0 Å². The van der Waals surface area contributed by atoms with Gasteiger partial charge in [0.2, 0.25) is 0 Å². The maximum Gasteiger partial charge on any atom is 0.331 e. The van der Waals surface area contributed by atoms with Crippen LogP contribution in [0.25, 0.3) is 0 Å². The van der Waals surface area contributed by atoms with Crippen LogP contribution < -0.4 is 11.3 Å². The molecular formula is C6H13N3O2. The third-order valence-corrected chi connectivity index (χ3v) is 1.75. The van der Waals surface area contributed by atoms with E-state index in [1.165, 1.54) is 0 Å². The summed E-state index contributed by atoms with van der Waals surface area (Å²) in [7, 11) is 0. The maximum absolute atomic E-state index is 11.0. The van der Waals surface area contributed by atoms with E-state index in [2.05, 4.69) is 5.43 Å². The topological polar surface area (TPSA) is 67.6 Å². The molecule has 0 aromatic carbocycles. The van der Waals surface area contributed by atoms with Crippen LogP contribution in [0.1, 0.15) is 6.92 Å². The molecule has 0 radical (unpaired) electrons. The Kier molecular flexibility index (Phi) is 2.67. The molecule has 1 fully saturated rings. The highest BCUT2D eigenvalue weighted by Gasteiger charge is 2.22. The molecule has 1 saturated heterocycles. The molecule has 0 aromatic rings. The Labute approximate surface area is 65.5 Å². The standard InChI is InChI=1S/C6H13N3O2/c1-5-4-11-3-2-9(5)6(10)8-7/h5H,2-4,7H2,1H3,(H,8,10). The van der Waals surface area contributed by atoms with Crippen molar-refractivity contribution in [3.63, 3.8) is 0 Å². The Morgan fingerprint density at radius 3 is 3.09 bits per heavy atom. The van der Waals surface area contributed by atoms with E-state index in [0.29, 0.717) is 19.8 Å². The van der Waals surface area contributed by atoms with Crippen LogP contribution in [0.4, 0.5) is 4.79 Å². The number of nitrogens with two attached hydrogens (primary N) is 1. The fourth-order valence-corrected chi connectivity index (χ4v) is 1.11. The van der Waals surface area contributed by atoms with Gasteiger partial charge in [0.15, 0.2) is 0 Å². The van der Waals surface area contributed by atoms with E-state index in [9.17, 15) is 4.79 Å². The Balaban J connectivity index is 2.47. The van der Waals surface area contributed by atoms with Crippen molar-refractivity contribution in [1.82, 2.24) is 10.3 Å². The predicted octanol–water partition coefficient (Wildman–Crippen LogP) is -0.710. The first-order valence-electron chi connectivity index (χ1n) is 3.60. The van der Waals surface area contributed by atoms with Crippen molar-refractivity contribution < 1.29 is 9.53 Å². The molecule has 0 aliphatic carbocycles. The van der Waals surface area contributed by atoms with Crippen LogP contribution in [0, 0.1) is 0 Å². The molecular weight excluding hydrogens is 146 g/mol. The van der Waals surface area contributed by atoms with Gasteiger partial charge in [0.1, 0.15) is 0 Å². The zero-order valence-corrected chi connectivity index (χ0v) is 6.54. The highest BCUT2D eigenvalue weighted by Crippen LogP contribution is 2.04. The molecule has 5 nitrogen and oxygen atoms in total. The number of carbonyl (C=O) groups excluding carboxylic acids is 1. The lowest BCUT2D eigenvalue weighted by molar-refractivity contribution is 0.0191. The van der Waals surface area contributed by atoms with Crippen LogP contribution in [-0.4, -0.2) is 36.7 Å². The van der Waals surface area contributed by atoms with Gasteiger partial charge in [-0.05, 0) is 6.92 Å². The van der Waals surface area contributed by atoms with Gasteiger partial charge in [-0.2, -0.15) is 0 Å². The number of hydrogen-bond acceptors (Lipinski definition) is 3. The van der Waals surface area contributed by atoms with Gasteiger partial charge >= 0.3 is 6.03 Å². The van der Waals surface area contributed by atoms with E-state index in [1.54, 1.807) is 4.90 Å². The van der Waals surface area contributed by atoms with E-state index in [1.807, 2.05) is 6.92 Å². The number of rotatable bonds is 0. The minimum Gasteiger partial charge on any atom is -0.377 e. The second-order valence-electron chi connectivity index (χ2n) is 2.57. The SMILES string of the molecule is CC1COCCN1C(=O)NN. The average Bonchev–Trinajstić information content (AvgIpc) is 2.04. The molecule has 1 aliphatic heterocycles. The second kappa shape index (κ2) is 3.54. The number of hydrogen-bond donors (Lipinski definition) is 2. The third kappa shape index (κ3) is 1.81. The Morgan fingerprint density at radius 2 is 2.55 bits per heavy atom. The van der Waals surface area contributed by atoms with Gasteiger partial charge in [-0.25, -0.2) is 10.6 Å². The van der Waals surface area contributed by atoms with Crippen molar-refractivity contribution in [3.05, 3.63) is 0 Å². The minimum atomic E-state index is -0.235. The predicted molar refractivity (Wildman–Crippen MR) is 39.7 cm³/mol. The van der Waals surface area contributed by atoms with Gasteiger partial charge in [0.25, 0.3) is 0 Å². The number of ether oxygens (including phenoxy) is 1. The average molecular weight is 159 g/mol. The van der Waals surface area contributed by atoms with Gasteiger partial charge in [-0.15, -0.1) is 0 Å². The molecule has 2 amide bonds. The lowest BCUT2D eigenvalue weighted by Gasteiger charge is -2.32. The highest BCUT2D eigenvalue weighted by atomic mass is 16.5. The first-order valence-corrected chi connectivity index (χ1v) is 3.60. The number of amides is 2. The van der Waals surface area contributed by atoms with Crippen molar-refractivity contribution in [2.75, 3.05) is 19.8 Å². The van der Waals surface area contributed by atoms with Crippen molar-refractivity contribution >= 4 is 6.03 Å². The summed E-state index contributed by atoms with van der Waals surface area (Å²) >= 11 is 0. The molecule has 5 heteroatoms. The Hall–Kier alpha value is -0.810. The summed E-state index contributed by atoms with van der Waals surface area (Å²) in [6, 6.07) is -0.118. The van der Waals surface area contributed by atoms with E-state index >= 15 is 0 Å². The Bertz CT molecular complexity index is 151. The van der Waals surface area contributed by atoms with Gasteiger partial charge in [-0.1, -0.05) is 0 Å². The lowest BCUT2D eigenvalue weighted by Crippen LogP contribution is -2.52. The molecule has 11 heavy (non-hydrogen) atoms. The van der Waals surface area contributed by atoms with E-state index < -0.39 is 0 Å². The van der Waals surface area contributed by atoms with Crippen LogP contribution in [0.2, 0.25) is 0 Å². The second-order valence-corrected chi connectivity index (χ2v) is 2.57. The van der Waals surface area contributed by atoms with Crippen LogP contribution >= 0.6 is 0 Å². The molecule has 0 saturated carbocycles. The quantitative estimate of drug-likeness (QED) is 0.279. The number of carbonyl (C=O) groups is 1. The summed E-state index contributed by atoms with van der Waals surface area (Å²) in [5.41, 5.74) is 2.10. The first kappa shape index (κ1) is 8.29. The molecule has 0 bridgehead atoms. The maximum atomic E-state index is 11.0. The summed E-state index contributed by atoms with van der Waals surface area (Å²) in [4.78, 5) is 12.7. The monoisotopic (exact) mass is 159 g/mol. The molecule has 0 spiro atoms. The molecule has 1 aliphatic rings. The molecule has 3 N–H and O–H groups in total.